The third-order valence-electron chi connectivity index (χ3n) is 4.99. The van der Waals surface area contributed by atoms with Crippen LogP contribution in [-0.4, -0.2) is 45.9 Å². The molecule has 0 spiro atoms. The number of morpholine rings is 1. The summed E-state index contributed by atoms with van der Waals surface area (Å²) in [7, 11) is 0. The van der Waals surface area contributed by atoms with Gasteiger partial charge >= 0.3 is 0 Å². The summed E-state index contributed by atoms with van der Waals surface area (Å²) < 4.78 is 13.0. The van der Waals surface area contributed by atoms with Crippen molar-refractivity contribution in [3.8, 4) is 17.1 Å². The minimum absolute atomic E-state index is 0.00901. The second-order valence-corrected chi connectivity index (χ2v) is 7.56. The molecule has 0 saturated carbocycles. The Morgan fingerprint density at radius 3 is 2.50 bits per heavy atom. The number of nitrogens with zero attached hydrogens (tertiary/aromatic N) is 3. The van der Waals surface area contributed by atoms with E-state index in [2.05, 4.69) is 13.0 Å². The average Bonchev–Trinajstić information content (AvgIpc) is 3.30. The summed E-state index contributed by atoms with van der Waals surface area (Å²) in [6, 6.07) is 11.6. The van der Waals surface area contributed by atoms with Crippen molar-refractivity contribution < 1.29 is 13.9 Å². The van der Waals surface area contributed by atoms with Gasteiger partial charge in [-0.3, -0.25) is 4.79 Å². The highest BCUT2D eigenvalue weighted by molar-refractivity contribution is 5.94. The third-order valence-corrected chi connectivity index (χ3v) is 4.99. The lowest BCUT2D eigenvalue weighted by molar-refractivity contribution is -0.0588. The van der Waals surface area contributed by atoms with Crippen LogP contribution in [0.2, 0.25) is 0 Å². The fraction of sp³-hybridized carbons (Fsp3) is 0.364. The van der Waals surface area contributed by atoms with Gasteiger partial charge < -0.3 is 14.1 Å². The molecule has 1 saturated heterocycles. The molecule has 0 unspecified atom stereocenters. The first-order chi connectivity index (χ1) is 13.4. The Balaban J connectivity index is 1.79. The van der Waals surface area contributed by atoms with Crippen LogP contribution in [-0.2, 0) is 4.74 Å². The van der Waals surface area contributed by atoms with Gasteiger partial charge in [-0.2, -0.15) is 5.10 Å². The van der Waals surface area contributed by atoms with Gasteiger partial charge in [0.05, 0.1) is 24.2 Å². The van der Waals surface area contributed by atoms with E-state index < -0.39 is 0 Å². The first-order valence-electron chi connectivity index (χ1n) is 9.58. The molecule has 28 heavy (non-hydrogen) atoms. The topological polar surface area (TPSA) is 60.5 Å². The van der Waals surface area contributed by atoms with Gasteiger partial charge in [0, 0.05) is 19.2 Å². The molecule has 2 atom stereocenters. The molecule has 6 nitrogen and oxygen atoms in total. The average molecular weight is 379 g/mol. The molecule has 0 aliphatic carbocycles. The van der Waals surface area contributed by atoms with Gasteiger partial charge in [0.25, 0.3) is 5.91 Å². The van der Waals surface area contributed by atoms with Crippen LogP contribution in [0.5, 0.6) is 0 Å². The quantitative estimate of drug-likeness (QED) is 0.690. The fourth-order valence-electron chi connectivity index (χ4n) is 3.81. The Morgan fingerprint density at radius 1 is 1.11 bits per heavy atom. The zero-order valence-corrected chi connectivity index (χ0v) is 16.7. The summed E-state index contributed by atoms with van der Waals surface area (Å²) >= 11 is 0. The summed E-state index contributed by atoms with van der Waals surface area (Å²) in [5.74, 6) is 0.591. The molecule has 0 radical (unpaired) electrons. The van der Waals surface area contributed by atoms with Gasteiger partial charge in [0.2, 0.25) is 0 Å². The zero-order valence-electron chi connectivity index (χ0n) is 16.7. The summed E-state index contributed by atoms with van der Waals surface area (Å²) in [5, 5.41) is 4.71. The number of benzene rings is 1. The Hall–Kier alpha value is -2.86. The number of rotatable bonds is 3. The monoisotopic (exact) mass is 379 g/mol. The standard InChI is InChI=1S/C22H25N3O3/c1-14-7-8-19(15(2)10-14)25-20(11-18(23-25)21-6-5-9-27-21)22(26)24-12-16(3)28-17(4)13-24/h5-11,16-17H,12-13H2,1-4H3/t16-,17+. The lowest BCUT2D eigenvalue weighted by Crippen LogP contribution is -2.48. The lowest BCUT2D eigenvalue weighted by Gasteiger charge is -2.35. The van der Waals surface area contributed by atoms with Gasteiger partial charge in [-0.15, -0.1) is 0 Å². The Morgan fingerprint density at radius 2 is 1.86 bits per heavy atom. The molecule has 1 aromatic carbocycles. The number of carbonyl (C=O) groups is 1. The number of furan rings is 1. The van der Waals surface area contributed by atoms with Crippen LogP contribution >= 0.6 is 0 Å². The normalized spacial score (nSPS) is 19.8. The SMILES string of the molecule is Cc1ccc(-n2nc(-c3ccco3)cc2C(=O)N2C[C@@H](C)O[C@@H](C)C2)c(C)c1. The summed E-state index contributed by atoms with van der Waals surface area (Å²) in [5.41, 5.74) is 4.29. The highest BCUT2D eigenvalue weighted by Gasteiger charge is 2.30. The van der Waals surface area contributed by atoms with Crippen molar-refractivity contribution in [3.05, 3.63) is 59.5 Å². The van der Waals surface area contributed by atoms with Crippen molar-refractivity contribution in [1.29, 1.82) is 0 Å². The second-order valence-electron chi connectivity index (χ2n) is 7.56. The number of aryl methyl sites for hydroxylation is 2. The molecular weight excluding hydrogens is 354 g/mol. The van der Waals surface area contributed by atoms with Crippen molar-refractivity contribution in [2.45, 2.75) is 39.9 Å². The van der Waals surface area contributed by atoms with Crippen molar-refractivity contribution >= 4 is 5.91 Å². The molecule has 146 valence electrons. The Bertz CT molecular complexity index is 981. The lowest BCUT2D eigenvalue weighted by atomic mass is 10.1. The molecule has 3 aromatic rings. The number of aromatic nitrogens is 2. The number of hydrogen-bond acceptors (Lipinski definition) is 4. The van der Waals surface area contributed by atoms with Gasteiger partial charge in [-0.1, -0.05) is 17.7 Å². The van der Waals surface area contributed by atoms with Crippen LogP contribution < -0.4 is 0 Å². The fourth-order valence-corrected chi connectivity index (χ4v) is 3.81. The molecule has 1 aliphatic heterocycles. The van der Waals surface area contributed by atoms with E-state index in [-0.39, 0.29) is 18.1 Å². The molecule has 1 fully saturated rings. The maximum absolute atomic E-state index is 13.4. The van der Waals surface area contributed by atoms with Crippen molar-refractivity contribution in [2.24, 2.45) is 0 Å². The van der Waals surface area contributed by atoms with Crippen LogP contribution in [0.15, 0.2) is 47.1 Å². The summed E-state index contributed by atoms with van der Waals surface area (Å²) in [6.45, 7) is 9.20. The van der Waals surface area contributed by atoms with E-state index in [1.807, 2.05) is 56.0 Å². The summed E-state index contributed by atoms with van der Waals surface area (Å²) in [6.07, 6.45) is 1.63. The van der Waals surface area contributed by atoms with E-state index in [1.54, 1.807) is 10.9 Å². The van der Waals surface area contributed by atoms with Crippen molar-refractivity contribution in [3.63, 3.8) is 0 Å². The number of amides is 1. The van der Waals surface area contributed by atoms with E-state index in [1.165, 1.54) is 5.56 Å². The predicted octanol–water partition coefficient (Wildman–Crippen LogP) is 4.00. The molecule has 4 rings (SSSR count). The molecule has 0 N–H and O–H groups in total. The van der Waals surface area contributed by atoms with Crippen LogP contribution in [0.4, 0.5) is 0 Å². The van der Waals surface area contributed by atoms with Crippen LogP contribution in [0.3, 0.4) is 0 Å². The highest BCUT2D eigenvalue weighted by atomic mass is 16.5. The maximum Gasteiger partial charge on any atom is 0.272 e. The molecule has 0 bridgehead atoms. The smallest absolute Gasteiger partial charge is 0.272 e. The van der Waals surface area contributed by atoms with Crippen molar-refractivity contribution in [1.82, 2.24) is 14.7 Å². The molecule has 3 heterocycles. The van der Waals surface area contributed by atoms with E-state index in [0.717, 1.165) is 11.3 Å². The third kappa shape index (κ3) is 3.47. The van der Waals surface area contributed by atoms with Gasteiger partial charge in [0.1, 0.15) is 11.4 Å². The van der Waals surface area contributed by atoms with Crippen LogP contribution in [0.25, 0.3) is 17.1 Å². The molecule has 1 amide bonds. The minimum atomic E-state index is -0.0488. The van der Waals surface area contributed by atoms with Crippen molar-refractivity contribution in [2.75, 3.05) is 13.1 Å². The minimum Gasteiger partial charge on any atom is -0.463 e. The predicted molar refractivity (Wildman–Crippen MR) is 107 cm³/mol. The van der Waals surface area contributed by atoms with E-state index in [0.29, 0.717) is 30.2 Å². The number of carbonyl (C=O) groups excluding carboxylic acids is 1. The number of hydrogen-bond donors (Lipinski definition) is 0. The summed E-state index contributed by atoms with van der Waals surface area (Å²) in [4.78, 5) is 15.3. The highest BCUT2D eigenvalue weighted by Crippen LogP contribution is 2.26. The Labute approximate surface area is 164 Å². The van der Waals surface area contributed by atoms with Crippen LogP contribution in [0, 0.1) is 13.8 Å². The Kier molecular flexibility index (Phi) is 4.81. The largest absolute Gasteiger partial charge is 0.463 e. The van der Waals surface area contributed by atoms with Gasteiger partial charge in [-0.05, 0) is 51.5 Å². The molecular formula is C22H25N3O3. The first kappa shape index (κ1) is 18.5. The second kappa shape index (κ2) is 7.28. The van der Waals surface area contributed by atoms with E-state index in [9.17, 15) is 4.79 Å². The van der Waals surface area contributed by atoms with Crippen LogP contribution in [0.1, 0.15) is 35.5 Å². The molecule has 1 aliphatic rings. The maximum atomic E-state index is 13.4. The van der Waals surface area contributed by atoms with Gasteiger partial charge in [-0.25, -0.2) is 4.68 Å². The van der Waals surface area contributed by atoms with Gasteiger partial charge in [0.15, 0.2) is 5.76 Å². The number of ether oxygens (including phenoxy) is 1. The molecule has 6 heteroatoms. The first-order valence-corrected chi connectivity index (χ1v) is 9.58. The van der Waals surface area contributed by atoms with E-state index >= 15 is 0 Å². The molecule has 2 aromatic heterocycles. The van der Waals surface area contributed by atoms with E-state index in [4.69, 9.17) is 14.3 Å². The zero-order chi connectivity index (χ0) is 19.8.